The lowest BCUT2D eigenvalue weighted by Gasteiger charge is -1.93. The van der Waals surface area contributed by atoms with Crippen LogP contribution in [0.4, 0.5) is 0 Å². The topological polar surface area (TPSA) is 38.9 Å². The molecule has 78 valence electrons. The highest BCUT2D eigenvalue weighted by atomic mass is 35.5. The summed E-state index contributed by atoms with van der Waals surface area (Å²) in [5.74, 6) is 0.941. The number of rotatable bonds is 2. The van der Waals surface area contributed by atoms with Gasteiger partial charge in [-0.05, 0) is 31.2 Å². The molecule has 0 spiro atoms. The Kier molecular flexibility index (Phi) is 2.93. The Bertz CT molecular complexity index is 451. The molecule has 2 aromatic rings. The highest BCUT2D eigenvalue weighted by molar-refractivity contribution is 6.30. The largest absolute Gasteiger partial charge is 0.337 e. The van der Waals surface area contributed by atoms with Gasteiger partial charge in [0, 0.05) is 10.6 Å². The van der Waals surface area contributed by atoms with Gasteiger partial charge in [-0.1, -0.05) is 16.8 Å². The summed E-state index contributed by atoms with van der Waals surface area (Å²) < 4.78 is 4.98. The van der Waals surface area contributed by atoms with Crippen LogP contribution >= 0.6 is 23.2 Å². The van der Waals surface area contributed by atoms with Crippen molar-refractivity contribution in [3.63, 3.8) is 0 Å². The van der Waals surface area contributed by atoms with Crippen LogP contribution in [-0.4, -0.2) is 10.1 Å². The first-order valence-corrected chi connectivity index (χ1v) is 5.22. The third-order valence-electron chi connectivity index (χ3n) is 1.88. The molecular weight excluding hydrogens is 235 g/mol. The molecular formula is C10H8Cl2N2O. The van der Waals surface area contributed by atoms with Crippen molar-refractivity contribution in [3.05, 3.63) is 35.2 Å². The molecule has 15 heavy (non-hydrogen) atoms. The molecule has 0 aliphatic heterocycles. The molecule has 0 aliphatic rings. The second kappa shape index (κ2) is 4.21. The summed E-state index contributed by atoms with van der Waals surface area (Å²) in [6, 6.07) is 7.21. The second-order valence-corrected chi connectivity index (χ2v) is 4.17. The quantitative estimate of drug-likeness (QED) is 0.755. The van der Waals surface area contributed by atoms with E-state index in [9.17, 15) is 0 Å². The van der Waals surface area contributed by atoms with Crippen LogP contribution in [0.15, 0.2) is 28.8 Å². The van der Waals surface area contributed by atoms with Gasteiger partial charge in [0.15, 0.2) is 0 Å². The van der Waals surface area contributed by atoms with Crippen LogP contribution in [0.2, 0.25) is 5.02 Å². The van der Waals surface area contributed by atoms with Crippen molar-refractivity contribution in [3.8, 4) is 11.4 Å². The summed E-state index contributed by atoms with van der Waals surface area (Å²) in [5, 5.41) is 4.22. The number of benzene rings is 1. The molecule has 0 saturated carbocycles. The molecule has 0 amide bonds. The fraction of sp³-hybridized carbons (Fsp3) is 0.200. The van der Waals surface area contributed by atoms with E-state index in [4.69, 9.17) is 27.7 Å². The van der Waals surface area contributed by atoms with E-state index in [1.165, 1.54) is 0 Å². The zero-order chi connectivity index (χ0) is 10.8. The molecule has 2 rings (SSSR count). The minimum Gasteiger partial charge on any atom is -0.337 e. The van der Waals surface area contributed by atoms with E-state index in [0.717, 1.165) is 5.56 Å². The lowest BCUT2D eigenvalue weighted by atomic mass is 10.2. The lowest BCUT2D eigenvalue weighted by molar-refractivity contribution is 0.379. The van der Waals surface area contributed by atoms with E-state index in [1.807, 2.05) is 12.1 Å². The van der Waals surface area contributed by atoms with Crippen molar-refractivity contribution < 1.29 is 4.52 Å². The maximum Gasteiger partial charge on any atom is 0.244 e. The predicted molar refractivity (Wildman–Crippen MR) is 59.0 cm³/mol. The van der Waals surface area contributed by atoms with E-state index < -0.39 is 0 Å². The predicted octanol–water partition coefficient (Wildman–Crippen LogP) is 3.69. The molecule has 3 nitrogen and oxygen atoms in total. The summed E-state index contributed by atoms with van der Waals surface area (Å²) in [5.41, 5.74) is 0.853. The molecule has 1 aromatic carbocycles. The minimum absolute atomic E-state index is 0.279. The molecule has 0 bridgehead atoms. The van der Waals surface area contributed by atoms with Crippen LogP contribution in [0.3, 0.4) is 0 Å². The van der Waals surface area contributed by atoms with E-state index >= 15 is 0 Å². The third-order valence-corrected chi connectivity index (χ3v) is 2.32. The number of alkyl halides is 1. The number of halogens is 2. The van der Waals surface area contributed by atoms with Gasteiger partial charge in [-0.3, -0.25) is 0 Å². The molecule has 0 saturated heterocycles. The fourth-order valence-electron chi connectivity index (χ4n) is 1.11. The van der Waals surface area contributed by atoms with Crippen molar-refractivity contribution in [1.29, 1.82) is 0 Å². The molecule has 0 radical (unpaired) electrons. The number of hydrogen-bond donors (Lipinski definition) is 0. The van der Waals surface area contributed by atoms with Crippen molar-refractivity contribution in [2.45, 2.75) is 12.3 Å². The standard InChI is InChI=1S/C10H8Cl2N2O/c1-6(11)10-13-9(14-15-10)7-2-4-8(12)5-3-7/h2-6H,1H3. The third kappa shape index (κ3) is 2.30. The van der Waals surface area contributed by atoms with E-state index in [2.05, 4.69) is 10.1 Å². The monoisotopic (exact) mass is 242 g/mol. The van der Waals surface area contributed by atoms with E-state index in [1.54, 1.807) is 19.1 Å². The molecule has 0 N–H and O–H groups in total. The summed E-state index contributed by atoms with van der Waals surface area (Å²) in [6.45, 7) is 1.78. The lowest BCUT2D eigenvalue weighted by Crippen LogP contribution is -1.84. The van der Waals surface area contributed by atoms with Gasteiger partial charge in [-0.2, -0.15) is 4.98 Å². The van der Waals surface area contributed by atoms with Gasteiger partial charge in [-0.25, -0.2) is 0 Å². The summed E-state index contributed by atoms with van der Waals surface area (Å²) in [6.07, 6.45) is 0. The molecule has 0 aliphatic carbocycles. The van der Waals surface area contributed by atoms with Crippen molar-refractivity contribution in [2.24, 2.45) is 0 Å². The Morgan fingerprint density at radius 2 is 1.93 bits per heavy atom. The van der Waals surface area contributed by atoms with Gasteiger partial charge in [-0.15, -0.1) is 11.6 Å². The maximum atomic E-state index is 5.81. The highest BCUT2D eigenvalue weighted by Gasteiger charge is 2.12. The van der Waals surface area contributed by atoms with Crippen molar-refractivity contribution in [2.75, 3.05) is 0 Å². The second-order valence-electron chi connectivity index (χ2n) is 3.08. The number of aromatic nitrogens is 2. The molecule has 5 heteroatoms. The molecule has 1 unspecified atom stereocenters. The van der Waals surface area contributed by atoms with Crippen LogP contribution in [0, 0.1) is 0 Å². The normalized spacial score (nSPS) is 12.7. The van der Waals surface area contributed by atoms with Crippen molar-refractivity contribution >= 4 is 23.2 Å². The zero-order valence-electron chi connectivity index (χ0n) is 7.95. The first-order chi connectivity index (χ1) is 7.16. The van der Waals surface area contributed by atoms with Crippen LogP contribution in [0.25, 0.3) is 11.4 Å². The summed E-state index contributed by atoms with van der Waals surface area (Å²) >= 11 is 11.6. The van der Waals surface area contributed by atoms with Crippen molar-refractivity contribution in [1.82, 2.24) is 10.1 Å². The summed E-state index contributed by atoms with van der Waals surface area (Å²) in [4.78, 5) is 4.16. The highest BCUT2D eigenvalue weighted by Crippen LogP contribution is 2.22. The maximum absolute atomic E-state index is 5.81. The number of nitrogens with zero attached hydrogens (tertiary/aromatic N) is 2. The van der Waals surface area contributed by atoms with Gasteiger partial charge in [0.05, 0.1) is 0 Å². The van der Waals surface area contributed by atoms with Gasteiger partial charge in [0.25, 0.3) is 0 Å². The van der Waals surface area contributed by atoms with Gasteiger partial charge in [0.1, 0.15) is 5.38 Å². The van der Waals surface area contributed by atoms with Gasteiger partial charge < -0.3 is 4.52 Å². The van der Waals surface area contributed by atoms with Crippen LogP contribution in [0.5, 0.6) is 0 Å². The van der Waals surface area contributed by atoms with E-state index in [0.29, 0.717) is 16.7 Å². The fourth-order valence-corrected chi connectivity index (χ4v) is 1.33. The van der Waals surface area contributed by atoms with Crippen LogP contribution in [-0.2, 0) is 0 Å². The smallest absolute Gasteiger partial charge is 0.244 e. The first-order valence-electron chi connectivity index (χ1n) is 4.40. The minimum atomic E-state index is -0.279. The SMILES string of the molecule is CC(Cl)c1nc(-c2ccc(Cl)cc2)no1. The Balaban J connectivity index is 2.33. The summed E-state index contributed by atoms with van der Waals surface area (Å²) in [7, 11) is 0. The van der Waals surface area contributed by atoms with E-state index in [-0.39, 0.29) is 5.38 Å². The Hall–Kier alpha value is -1.06. The number of hydrogen-bond acceptors (Lipinski definition) is 3. The molecule has 1 heterocycles. The molecule has 1 atom stereocenters. The Labute approximate surface area is 97.0 Å². The Morgan fingerprint density at radius 1 is 1.27 bits per heavy atom. The van der Waals surface area contributed by atoms with Crippen LogP contribution < -0.4 is 0 Å². The van der Waals surface area contributed by atoms with Crippen LogP contribution in [0.1, 0.15) is 18.2 Å². The first kappa shape index (κ1) is 10.5. The molecule has 1 aromatic heterocycles. The average molecular weight is 243 g/mol. The zero-order valence-corrected chi connectivity index (χ0v) is 9.46. The van der Waals surface area contributed by atoms with Gasteiger partial charge in [0.2, 0.25) is 11.7 Å². The van der Waals surface area contributed by atoms with Gasteiger partial charge >= 0.3 is 0 Å². The Morgan fingerprint density at radius 3 is 2.47 bits per heavy atom. The average Bonchev–Trinajstić information content (AvgIpc) is 2.68. The molecule has 0 fully saturated rings.